The monoisotopic (exact) mass is 302 g/mol. The molecule has 0 spiro atoms. The largest absolute Gasteiger partial charge is 0.341 e. The SMILES string of the molecule is CC(C)NCCC(=O)N(C)Cc1cccc(Cl)c1Cl. The van der Waals surface area contributed by atoms with E-state index < -0.39 is 0 Å². The topological polar surface area (TPSA) is 32.3 Å². The summed E-state index contributed by atoms with van der Waals surface area (Å²) in [6.45, 7) is 5.27. The van der Waals surface area contributed by atoms with Gasteiger partial charge < -0.3 is 10.2 Å². The van der Waals surface area contributed by atoms with Crippen molar-refractivity contribution >= 4 is 29.1 Å². The van der Waals surface area contributed by atoms with Gasteiger partial charge in [0.1, 0.15) is 0 Å². The van der Waals surface area contributed by atoms with Gasteiger partial charge >= 0.3 is 0 Å². The number of amides is 1. The summed E-state index contributed by atoms with van der Waals surface area (Å²) in [4.78, 5) is 13.6. The molecule has 0 fully saturated rings. The van der Waals surface area contributed by atoms with Crippen LogP contribution in [0, 0.1) is 0 Å². The fourth-order valence-corrected chi connectivity index (χ4v) is 2.05. The first-order valence-corrected chi connectivity index (χ1v) is 7.07. The van der Waals surface area contributed by atoms with Gasteiger partial charge in [-0.3, -0.25) is 4.79 Å². The zero-order chi connectivity index (χ0) is 14.4. The van der Waals surface area contributed by atoms with E-state index in [0.717, 1.165) is 5.56 Å². The lowest BCUT2D eigenvalue weighted by molar-refractivity contribution is -0.130. The van der Waals surface area contributed by atoms with Crippen LogP contribution in [0.5, 0.6) is 0 Å². The molecule has 1 aromatic carbocycles. The summed E-state index contributed by atoms with van der Waals surface area (Å²) in [5.41, 5.74) is 0.863. The van der Waals surface area contributed by atoms with Crippen LogP contribution >= 0.6 is 23.2 Å². The van der Waals surface area contributed by atoms with Crippen molar-refractivity contribution in [2.45, 2.75) is 32.9 Å². The Balaban J connectivity index is 2.52. The Bertz CT molecular complexity index is 435. The third-order valence-electron chi connectivity index (χ3n) is 2.76. The lowest BCUT2D eigenvalue weighted by Gasteiger charge is -2.19. The predicted molar refractivity (Wildman–Crippen MR) is 80.7 cm³/mol. The number of halogens is 2. The van der Waals surface area contributed by atoms with E-state index in [4.69, 9.17) is 23.2 Å². The standard InChI is InChI=1S/C14H20Cl2N2O/c1-10(2)17-8-7-13(19)18(3)9-11-5-4-6-12(15)14(11)16/h4-6,10,17H,7-9H2,1-3H3. The van der Waals surface area contributed by atoms with Crippen molar-refractivity contribution in [2.24, 2.45) is 0 Å². The van der Waals surface area contributed by atoms with Gasteiger partial charge in [0.25, 0.3) is 0 Å². The molecule has 1 amide bonds. The number of carbonyl (C=O) groups is 1. The molecule has 106 valence electrons. The first-order chi connectivity index (χ1) is 8.91. The van der Waals surface area contributed by atoms with Crippen molar-refractivity contribution in [2.75, 3.05) is 13.6 Å². The molecular weight excluding hydrogens is 283 g/mol. The van der Waals surface area contributed by atoms with Crippen LogP contribution in [0.25, 0.3) is 0 Å². The molecule has 0 bridgehead atoms. The molecule has 1 aromatic rings. The number of hydrogen-bond acceptors (Lipinski definition) is 2. The Kier molecular flexibility index (Phi) is 6.63. The average molecular weight is 303 g/mol. The van der Waals surface area contributed by atoms with Gasteiger partial charge in [-0.15, -0.1) is 0 Å². The van der Waals surface area contributed by atoms with Gasteiger partial charge in [0.15, 0.2) is 0 Å². The van der Waals surface area contributed by atoms with Crippen LogP contribution in [0.2, 0.25) is 10.0 Å². The number of nitrogens with one attached hydrogen (secondary N) is 1. The smallest absolute Gasteiger partial charge is 0.223 e. The van der Waals surface area contributed by atoms with Crippen LogP contribution in [-0.4, -0.2) is 30.4 Å². The molecule has 19 heavy (non-hydrogen) atoms. The third-order valence-corrected chi connectivity index (χ3v) is 3.61. The van der Waals surface area contributed by atoms with Gasteiger partial charge in [0.2, 0.25) is 5.91 Å². The van der Waals surface area contributed by atoms with Crippen LogP contribution in [-0.2, 0) is 11.3 Å². The first-order valence-electron chi connectivity index (χ1n) is 6.32. The molecule has 0 aromatic heterocycles. The van der Waals surface area contributed by atoms with Gasteiger partial charge in [-0.2, -0.15) is 0 Å². The van der Waals surface area contributed by atoms with Gasteiger partial charge in [0, 0.05) is 32.6 Å². The molecular formula is C14H20Cl2N2O. The number of nitrogens with zero attached hydrogens (tertiary/aromatic N) is 1. The molecule has 0 aliphatic rings. The Hall–Kier alpha value is -0.770. The van der Waals surface area contributed by atoms with Gasteiger partial charge in [-0.05, 0) is 11.6 Å². The third kappa shape index (κ3) is 5.39. The molecule has 0 aliphatic carbocycles. The summed E-state index contributed by atoms with van der Waals surface area (Å²) in [6.07, 6.45) is 0.479. The fourth-order valence-electron chi connectivity index (χ4n) is 1.67. The molecule has 0 radical (unpaired) electrons. The van der Waals surface area contributed by atoms with E-state index in [-0.39, 0.29) is 5.91 Å². The highest BCUT2D eigenvalue weighted by Gasteiger charge is 2.12. The van der Waals surface area contributed by atoms with E-state index in [1.165, 1.54) is 0 Å². The van der Waals surface area contributed by atoms with Crippen molar-refractivity contribution < 1.29 is 4.79 Å². The summed E-state index contributed by atoms with van der Waals surface area (Å²) in [5, 5.41) is 4.25. The minimum atomic E-state index is 0.0872. The number of carbonyl (C=O) groups excluding carboxylic acids is 1. The van der Waals surface area contributed by atoms with Crippen molar-refractivity contribution in [3.05, 3.63) is 33.8 Å². The van der Waals surface area contributed by atoms with Crippen LogP contribution in [0.1, 0.15) is 25.8 Å². The van der Waals surface area contributed by atoms with Gasteiger partial charge in [-0.1, -0.05) is 49.2 Å². The summed E-state index contributed by atoms with van der Waals surface area (Å²) in [5.74, 6) is 0.0872. The molecule has 0 saturated carbocycles. The zero-order valence-corrected chi connectivity index (χ0v) is 13.1. The average Bonchev–Trinajstić information content (AvgIpc) is 2.34. The second kappa shape index (κ2) is 7.73. The maximum Gasteiger partial charge on any atom is 0.223 e. The van der Waals surface area contributed by atoms with Crippen LogP contribution in [0.4, 0.5) is 0 Å². The van der Waals surface area contributed by atoms with E-state index in [2.05, 4.69) is 19.2 Å². The molecule has 3 nitrogen and oxygen atoms in total. The Morgan fingerprint density at radius 2 is 2.05 bits per heavy atom. The zero-order valence-electron chi connectivity index (χ0n) is 11.5. The van der Waals surface area contributed by atoms with E-state index in [1.54, 1.807) is 18.0 Å². The quantitative estimate of drug-likeness (QED) is 0.874. The van der Waals surface area contributed by atoms with E-state index >= 15 is 0 Å². The summed E-state index contributed by atoms with van der Waals surface area (Å²) < 4.78 is 0. The Morgan fingerprint density at radius 3 is 2.68 bits per heavy atom. The first kappa shape index (κ1) is 16.3. The van der Waals surface area contributed by atoms with Gasteiger partial charge in [0.05, 0.1) is 10.0 Å². The van der Waals surface area contributed by atoms with Crippen molar-refractivity contribution in [1.29, 1.82) is 0 Å². The van der Waals surface area contributed by atoms with Crippen LogP contribution in [0.3, 0.4) is 0 Å². The molecule has 0 atom stereocenters. The maximum atomic E-state index is 11.9. The highest BCUT2D eigenvalue weighted by atomic mass is 35.5. The normalized spacial score (nSPS) is 10.8. The van der Waals surface area contributed by atoms with Crippen LogP contribution in [0.15, 0.2) is 18.2 Å². The summed E-state index contributed by atoms with van der Waals surface area (Å²) in [6, 6.07) is 5.84. The summed E-state index contributed by atoms with van der Waals surface area (Å²) >= 11 is 12.1. The van der Waals surface area contributed by atoms with E-state index in [0.29, 0.717) is 35.6 Å². The predicted octanol–water partition coefficient (Wildman–Crippen LogP) is 3.34. The molecule has 0 unspecified atom stereocenters. The summed E-state index contributed by atoms with van der Waals surface area (Å²) in [7, 11) is 1.77. The molecule has 0 saturated heterocycles. The Morgan fingerprint density at radius 1 is 1.37 bits per heavy atom. The van der Waals surface area contributed by atoms with E-state index in [1.807, 2.05) is 12.1 Å². The molecule has 1 N–H and O–H groups in total. The molecule has 0 aliphatic heterocycles. The lowest BCUT2D eigenvalue weighted by Crippen LogP contribution is -2.31. The minimum Gasteiger partial charge on any atom is -0.341 e. The number of rotatable bonds is 6. The lowest BCUT2D eigenvalue weighted by atomic mass is 10.2. The van der Waals surface area contributed by atoms with Crippen molar-refractivity contribution in [3.63, 3.8) is 0 Å². The maximum absolute atomic E-state index is 11.9. The molecule has 1 rings (SSSR count). The second-order valence-corrected chi connectivity index (χ2v) is 5.61. The van der Waals surface area contributed by atoms with E-state index in [9.17, 15) is 4.79 Å². The molecule has 0 heterocycles. The van der Waals surface area contributed by atoms with Crippen molar-refractivity contribution in [3.8, 4) is 0 Å². The Labute approximate surface area is 124 Å². The highest BCUT2D eigenvalue weighted by molar-refractivity contribution is 6.42. The molecule has 5 heteroatoms. The van der Waals surface area contributed by atoms with Crippen molar-refractivity contribution in [1.82, 2.24) is 10.2 Å². The van der Waals surface area contributed by atoms with Gasteiger partial charge in [-0.25, -0.2) is 0 Å². The second-order valence-electron chi connectivity index (χ2n) is 4.82. The minimum absolute atomic E-state index is 0.0872. The highest BCUT2D eigenvalue weighted by Crippen LogP contribution is 2.26. The number of hydrogen-bond donors (Lipinski definition) is 1. The number of benzene rings is 1. The van der Waals surface area contributed by atoms with Crippen LogP contribution < -0.4 is 5.32 Å². The fraction of sp³-hybridized carbons (Fsp3) is 0.500.